The smallest absolute Gasteiger partial charge is 0.414 e. The van der Waals surface area contributed by atoms with Gasteiger partial charge in [-0.1, -0.05) is 43.7 Å². The number of carbonyl (C=O) groups excluding carboxylic acids is 2. The first kappa shape index (κ1) is 33.1. The first-order chi connectivity index (χ1) is 18.5. The van der Waals surface area contributed by atoms with Gasteiger partial charge in [-0.05, 0) is 63.7 Å². The van der Waals surface area contributed by atoms with E-state index in [4.69, 9.17) is 24.5 Å². The molecule has 0 aromatic heterocycles. The Kier molecular flexibility index (Phi) is 14.9. The average molecular weight is 544 g/mol. The monoisotopic (exact) mass is 543 g/mol. The number of rotatable bonds is 13. The molecule has 0 aliphatic rings. The number of carbonyl (C=O) groups is 4. The molecule has 0 aliphatic carbocycles. The lowest BCUT2D eigenvalue weighted by Gasteiger charge is -2.27. The Balaban J connectivity index is 0.00000113. The highest BCUT2D eigenvalue weighted by atomic mass is 16.5. The van der Waals surface area contributed by atoms with E-state index in [9.17, 15) is 9.59 Å². The highest BCUT2D eigenvalue weighted by Gasteiger charge is 2.26. The van der Waals surface area contributed by atoms with Crippen LogP contribution < -0.4 is 10.1 Å². The topological polar surface area (TPSA) is 136 Å². The number of carboxylic acids is 2. The van der Waals surface area contributed by atoms with E-state index < -0.39 is 18.0 Å². The first-order valence-electron chi connectivity index (χ1n) is 13.0. The van der Waals surface area contributed by atoms with Crippen LogP contribution in [-0.4, -0.2) is 90.1 Å². The summed E-state index contributed by atoms with van der Waals surface area (Å²) in [6, 6.07) is 14.5. The van der Waals surface area contributed by atoms with Gasteiger partial charge in [-0.15, -0.1) is 0 Å². The molecule has 0 aliphatic heterocycles. The lowest BCUT2D eigenvalue weighted by atomic mass is 10.0. The van der Waals surface area contributed by atoms with Gasteiger partial charge in [0, 0.05) is 31.6 Å². The summed E-state index contributed by atoms with van der Waals surface area (Å²) in [7, 11) is 4.02. The van der Waals surface area contributed by atoms with Crippen molar-refractivity contribution in [3.8, 4) is 5.75 Å². The van der Waals surface area contributed by atoms with Crippen molar-refractivity contribution in [2.45, 2.75) is 46.1 Å². The standard InChI is InChI=1S/C27H39N3O3.C2H2O4/c1-6-16-30(17-7-2)27(32)25(28-26(31)23-12-8-21(3)9-13-23)20-22-10-14-24(15-11-22)33-19-18-29(4)5;3-1(4)2(5)6/h8-15,25H,6-7,16-20H2,1-5H3,(H,28,31);(H,3,4)(H,5,6). The largest absolute Gasteiger partial charge is 0.492 e. The SMILES string of the molecule is CCCN(CCC)C(=O)C(Cc1ccc(OCCN(C)C)cc1)NC(=O)c1ccc(C)cc1.O=C(O)C(=O)O. The van der Waals surface area contributed by atoms with Gasteiger partial charge in [0.1, 0.15) is 18.4 Å². The van der Waals surface area contributed by atoms with Gasteiger partial charge >= 0.3 is 11.9 Å². The molecule has 0 spiro atoms. The van der Waals surface area contributed by atoms with Gasteiger partial charge in [0.15, 0.2) is 0 Å². The third-order valence-corrected chi connectivity index (χ3v) is 5.57. The Morgan fingerprint density at radius 3 is 1.85 bits per heavy atom. The molecule has 2 aromatic carbocycles. The fraction of sp³-hybridized carbons (Fsp3) is 0.448. The third-order valence-electron chi connectivity index (χ3n) is 5.57. The molecule has 3 N–H and O–H groups in total. The number of nitrogens with one attached hydrogen (secondary N) is 1. The summed E-state index contributed by atoms with van der Waals surface area (Å²) >= 11 is 0. The molecule has 2 rings (SSSR count). The highest BCUT2D eigenvalue weighted by molar-refractivity contribution is 6.27. The third kappa shape index (κ3) is 12.9. The van der Waals surface area contributed by atoms with Crippen LogP contribution in [0.2, 0.25) is 0 Å². The summed E-state index contributed by atoms with van der Waals surface area (Å²) in [5, 5.41) is 17.8. The highest BCUT2D eigenvalue weighted by Crippen LogP contribution is 2.15. The lowest BCUT2D eigenvalue weighted by molar-refractivity contribution is -0.159. The zero-order chi connectivity index (χ0) is 29.4. The van der Waals surface area contributed by atoms with E-state index in [-0.39, 0.29) is 11.8 Å². The number of hydrogen-bond acceptors (Lipinski definition) is 6. The Hall–Kier alpha value is -3.92. The second kappa shape index (κ2) is 17.6. The maximum absolute atomic E-state index is 13.4. The molecule has 10 heteroatoms. The van der Waals surface area contributed by atoms with Crippen molar-refractivity contribution >= 4 is 23.8 Å². The number of carboxylic acid groups (broad SMARTS) is 2. The van der Waals surface area contributed by atoms with E-state index in [1.807, 2.05) is 62.3 Å². The second-order valence-electron chi connectivity index (χ2n) is 9.33. The number of benzene rings is 2. The number of ether oxygens (including phenoxy) is 1. The van der Waals surface area contributed by atoms with Crippen molar-refractivity contribution in [2.24, 2.45) is 0 Å². The predicted molar refractivity (Wildman–Crippen MR) is 149 cm³/mol. The number of amides is 2. The van der Waals surface area contributed by atoms with Gasteiger partial charge < -0.3 is 30.1 Å². The van der Waals surface area contributed by atoms with E-state index in [2.05, 4.69) is 24.1 Å². The summed E-state index contributed by atoms with van der Waals surface area (Å²) in [6.45, 7) is 8.92. The van der Waals surface area contributed by atoms with Gasteiger partial charge in [-0.3, -0.25) is 9.59 Å². The van der Waals surface area contributed by atoms with Crippen LogP contribution in [0.25, 0.3) is 0 Å². The molecule has 1 atom stereocenters. The van der Waals surface area contributed by atoms with E-state index in [1.54, 1.807) is 12.1 Å². The molecule has 0 saturated carbocycles. The van der Waals surface area contributed by atoms with Crippen LogP contribution in [0.1, 0.15) is 48.2 Å². The summed E-state index contributed by atoms with van der Waals surface area (Å²) in [5.74, 6) is -3.12. The van der Waals surface area contributed by atoms with Crippen LogP contribution in [-0.2, 0) is 20.8 Å². The Labute approximate surface area is 230 Å². The number of hydrogen-bond donors (Lipinski definition) is 3. The Morgan fingerprint density at radius 2 is 1.38 bits per heavy atom. The molecule has 0 radical (unpaired) electrons. The molecular formula is C29H41N3O7. The minimum Gasteiger partial charge on any atom is -0.492 e. The predicted octanol–water partition coefficient (Wildman–Crippen LogP) is 3.08. The molecule has 39 heavy (non-hydrogen) atoms. The number of nitrogens with zero attached hydrogens (tertiary/aromatic N) is 2. The molecule has 0 saturated heterocycles. The lowest BCUT2D eigenvalue weighted by Crippen LogP contribution is -2.50. The molecule has 214 valence electrons. The van der Waals surface area contributed by atoms with Crippen LogP contribution in [0.3, 0.4) is 0 Å². The van der Waals surface area contributed by atoms with Crippen LogP contribution in [0.4, 0.5) is 0 Å². The number of likely N-dealkylation sites (N-methyl/N-ethyl adjacent to an activating group) is 1. The first-order valence-corrected chi connectivity index (χ1v) is 13.0. The van der Waals surface area contributed by atoms with Crippen molar-refractivity contribution in [3.63, 3.8) is 0 Å². The minimum absolute atomic E-state index is 0.0366. The Morgan fingerprint density at radius 1 is 0.846 bits per heavy atom. The average Bonchev–Trinajstić information content (AvgIpc) is 2.89. The van der Waals surface area contributed by atoms with Gasteiger partial charge in [-0.2, -0.15) is 0 Å². The molecule has 2 amide bonds. The van der Waals surface area contributed by atoms with Gasteiger partial charge in [-0.25, -0.2) is 9.59 Å². The fourth-order valence-electron chi connectivity index (χ4n) is 3.54. The van der Waals surface area contributed by atoms with Crippen molar-refractivity contribution in [3.05, 3.63) is 65.2 Å². The van der Waals surface area contributed by atoms with Crippen molar-refractivity contribution in [2.75, 3.05) is 40.3 Å². The maximum atomic E-state index is 13.4. The van der Waals surface area contributed by atoms with Crippen molar-refractivity contribution in [1.82, 2.24) is 15.1 Å². The van der Waals surface area contributed by atoms with E-state index in [1.165, 1.54) is 0 Å². The van der Waals surface area contributed by atoms with Crippen LogP contribution in [0, 0.1) is 6.92 Å². The molecule has 0 fully saturated rings. The van der Waals surface area contributed by atoms with Gasteiger partial charge in [0.05, 0.1) is 0 Å². The molecule has 0 heterocycles. The molecule has 2 aromatic rings. The van der Waals surface area contributed by atoms with E-state index in [0.29, 0.717) is 31.7 Å². The van der Waals surface area contributed by atoms with Crippen molar-refractivity contribution in [1.29, 1.82) is 0 Å². The zero-order valence-corrected chi connectivity index (χ0v) is 23.5. The molecule has 0 bridgehead atoms. The second-order valence-corrected chi connectivity index (χ2v) is 9.33. The summed E-state index contributed by atoms with van der Waals surface area (Å²) in [4.78, 5) is 48.5. The fourth-order valence-corrected chi connectivity index (χ4v) is 3.54. The minimum atomic E-state index is -1.82. The zero-order valence-electron chi connectivity index (χ0n) is 23.5. The summed E-state index contributed by atoms with van der Waals surface area (Å²) in [6.07, 6.45) is 2.19. The number of aryl methyl sites for hydroxylation is 1. The van der Waals surface area contributed by atoms with Crippen molar-refractivity contribution < 1.29 is 34.1 Å². The normalized spacial score (nSPS) is 11.1. The summed E-state index contributed by atoms with van der Waals surface area (Å²) in [5.41, 5.74) is 2.62. The number of aliphatic carboxylic acids is 2. The quantitative estimate of drug-likeness (QED) is 0.328. The van der Waals surface area contributed by atoms with Gasteiger partial charge in [0.2, 0.25) is 5.91 Å². The molecule has 1 unspecified atom stereocenters. The van der Waals surface area contributed by atoms with E-state index >= 15 is 0 Å². The van der Waals surface area contributed by atoms with Crippen LogP contribution in [0.5, 0.6) is 5.75 Å². The molecular weight excluding hydrogens is 502 g/mol. The van der Waals surface area contributed by atoms with Crippen LogP contribution in [0.15, 0.2) is 48.5 Å². The summed E-state index contributed by atoms with van der Waals surface area (Å²) < 4.78 is 5.77. The van der Waals surface area contributed by atoms with E-state index in [0.717, 1.165) is 36.3 Å². The van der Waals surface area contributed by atoms with Gasteiger partial charge in [0.25, 0.3) is 5.91 Å². The van der Waals surface area contributed by atoms with Crippen LogP contribution >= 0.6 is 0 Å². The molecule has 10 nitrogen and oxygen atoms in total. The maximum Gasteiger partial charge on any atom is 0.414 e. The Bertz CT molecular complexity index is 1040.